The molecule has 0 aromatic carbocycles. The van der Waals surface area contributed by atoms with E-state index in [1.807, 2.05) is 13.8 Å². The Kier molecular flexibility index (Phi) is 4.53. The van der Waals surface area contributed by atoms with Crippen molar-refractivity contribution in [2.24, 2.45) is 5.73 Å². The van der Waals surface area contributed by atoms with Gasteiger partial charge in [-0.15, -0.1) is 0 Å². The molecule has 1 atom stereocenters. The minimum Gasteiger partial charge on any atom is -0.370 e. The molecule has 2 saturated heterocycles. The number of likely N-dealkylation sites (tertiary alicyclic amines) is 1. The number of carbonyl (C=O) groups is 1. The first-order valence-electron chi connectivity index (χ1n) is 8.37. The first-order chi connectivity index (χ1) is 11.0. The fraction of sp³-hybridized carbons (Fsp3) is 0.647. The summed E-state index contributed by atoms with van der Waals surface area (Å²) >= 11 is 0. The summed E-state index contributed by atoms with van der Waals surface area (Å²) in [6.07, 6.45) is 2.12. The molecule has 0 bridgehead atoms. The zero-order valence-corrected chi connectivity index (χ0v) is 13.9. The number of primary amides is 1. The molecule has 0 saturated carbocycles. The van der Waals surface area contributed by atoms with Gasteiger partial charge in [-0.2, -0.15) is 0 Å². The zero-order valence-electron chi connectivity index (χ0n) is 13.9. The molecule has 1 aromatic heterocycles. The summed E-state index contributed by atoms with van der Waals surface area (Å²) in [5, 5.41) is 0. The molecular formula is C17H25FN4O. The van der Waals surface area contributed by atoms with Gasteiger partial charge in [0.25, 0.3) is 5.91 Å². The third-order valence-corrected chi connectivity index (χ3v) is 5.07. The highest BCUT2D eigenvalue weighted by molar-refractivity contribution is 5.91. The molecule has 2 N–H and O–H groups in total. The van der Waals surface area contributed by atoms with Crippen molar-refractivity contribution in [3.8, 4) is 0 Å². The fourth-order valence-electron chi connectivity index (χ4n) is 3.96. The van der Waals surface area contributed by atoms with E-state index in [2.05, 4.69) is 14.8 Å². The highest BCUT2D eigenvalue weighted by Gasteiger charge is 2.31. The number of nitrogens with zero attached hydrogens (tertiary/aromatic N) is 3. The van der Waals surface area contributed by atoms with Crippen LogP contribution in [0.2, 0.25) is 0 Å². The molecule has 2 fully saturated rings. The van der Waals surface area contributed by atoms with Gasteiger partial charge in [0.1, 0.15) is 11.9 Å². The molecule has 2 aliphatic heterocycles. The minimum absolute atomic E-state index is 0.324. The van der Waals surface area contributed by atoms with Crippen LogP contribution in [-0.4, -0.2) is 54.2 Å². The number of pyridine rings is 1. The van der Waals surface area contributed by atoms with Gasteiger partial charge in [0, 0.05) is 32.2 Å². The predicted octanol–water partition coefficient (Wildman–Crippen LogP) is 1.81. The fourth-order valence-corrected chi connectivity index (χ4v) is 3.96. The van der Waals surface area contributed by atoms with Crippen LogP contribution in [0.15, 0.2) is 6.07 Å². The number of anilines is 1. The van der Waals surface area contributed by atoms with Gasteiger partial charge in [-0.05, 0) is 44.7 Å². The normalized spacial score (nSPS) is 23.4. The Bertz CT molecular complexity index is 575. The number of nitrogens with two attached hydrogens (primary N) is 1. The molecule has 3 rings (SSSR count). The van der Waals surface area contributed by atoms with Crippen LogP contribution in [0.5, 0.6) is 0 Å². The molecule has 0 radical (unpaired) electrons. The summed E-state index contributed by atoms with van der Waals surface area (Å²) in [7, 11) is 0. The van der Waals surface area contributed by atoms with Crippen molar-refractivity contribution in [3.63, 3.8) is 0 Å². The second-order valence-corrected chi connectivity index (χ2v) is 6.72. The molecule has 2 aliphatic rings. The van der Waals surface area contributed by atoms with Crippen LogP contribution in [0.1, 0.15) is 41.0 Å². The van der Waals surface area contributed by atoms with Gasteiger partial charge in [0.15, 0.2) is 0 Å². The average molecular weight is 320 g/mol. The summed E-state index contributed by atoms with van der Waals surface area (Å²) in [5.74, 6) is -0.490. The van der Waals surface area contributed by atoms with Crippen molar-refractivity contribution in [2.75, 3.05) is 31.1 Å². The number of carbonyl (C=O) groups excluding carboxylic acids is 1. The number of alkyl halides is 1. The second kappa shape index (κ2) is 6.43. The summed E-state index contributed by atoms with van der Waals surface area (Å²) in [5.41, 5.74) is 8.65. The Labute approximate surface area is 136 Å². The van der Waals surface area contributed by atoms with Gasteiger partial charge in [-0.25, -0.2) is 9.37 Å². The lowest BCUT2D eigenvalue weighted by Gasteiger charge is -2.38. The lowest BCUT2D eigenvalue weighted by atomic mass is 10.0. The van der Waals surface area contributed by atoms with Crippen LogP contribution < -0.4 is 10.6 Å². The first kappa shape index (κ1) is 16.2. The van der Waals surface area contributed by atoms with Crippen LogP contribution in [0.25, 0.3) is 0 Å². The Hall–Kier alpha value is -1.69. The number of hydrogen-bond donors (Lipinski definition) is 1. The number of aryl methyl sites for hydroxylation is 2. The molecule has 1 amide bonds. The van der Waals surface area contributed by atoms with Crippen molar-refractivity contribution in [1.82, 2.24) is 9.88 Å². The third kappa shape index (κ3) is 3.32. The quantitative estimate of drug-likeness (QED) is 0.922. The standard InChI is InChI=1S/C17H25FN4O/c1-11-9-15(17(19)23)20-12(2)16(11)21-7-4-14(5-8-21)22-6-3-13(18)10-22/h9,13-14H,3-8,10H2,1-2H3,(H2,19,23). The van der Waals surface area contributed by atoms with E-state index in [0.29, 0.717) is 24.7 Å². The summed E-state index contributed by atoms with van der Waals surface area (Å²) in [6.45, 7) is 7.29. The Morgan fingerprint density at radius 2 is 1.96 bits per heavy atom. The molecule has 126 valence electrons. The van der Waals surface area contributed by atoms with E-state index in [-0.39, 0.29) is 0 Å². The number of amides is 1. The van der Waals surface area contributed by atoms with Crippen LogP contribution in [0.3, 0.4) is 0 Å². The molecule has 5 nitrogen and oxygen atoms in total. The lowest BCUT2D eigenvalue weighted by molar-refractivity contribution is 0.0995. The molecule has 3 heterocycles. The van der Waals surface area contributed by atoms with E-state index in [1.165, 1.54) is 0 Å². The highest BCUT2D eigenvalue weighted by Crippen LogP contribution is 2.29. The molecule has 1 aromatic rings. The van der Waals surface area contributed by atoms with E-state index in [9.17, 15) is 9.18 Å². The molecule has 23 heavy (non-hydrogen) atoms. The number of rotatable bonds is 3. The van der Waals surface area contributed by atoms with Crippen molar-refractivity contribution in [2.45, 2.75) is 45.3 Å². The van der Waals surface area contributed by atoms with Gasteiger partial charge < -0.3 is 10.6 Å². The van der Waals surface area contributed by atoms with Crippen LogP contribution in [0, 0.1) is 13.8 Å². The van der Waals surface area contributed by atoms with E-state index < -0.39 is 12.1 Å². The van der Waals surface area contributed by atoms with Crippen LogP contribution in [-0.2, 0) is 0 Å². The summed E-state index contributed by atoms with van der Waals surface area (Å²) in [4.78, 5) is 20.3. The Morgan fingerprint density at radius 3 is 2.48 bits per heavy atom. The highest BCUT2D eigenvalue weighted by atomic mass is 19.1. The van der Waals surface area contributed by atoms with E-state index in [0.717, 1.165) is 49.4 Å². The SMILES string of the molecule is Cc1cc(C(N)=O)nc(C)c1N1CCC(N2CCC(F)C2)CC1. The molecule has 6 heteroatoms. The minimum atomic E-state index is -0.650. The first-order valence-corrected chi connectivity index (χ1v) is 8.37. The molecular weight excluding hydrogens is 295 g/mol. The van der Waals surface area contributed by atoms with Gasteiger partial charge in [-0.1, -0.05) is 0 Å². The Balaban J connectivity index is 1.69. The van der Waals surface area contributed by atoms with Crippen molar-refractivity contribution < 1.29 is 9.18 Å². The monoisotopic (exact) mass is 320 g/mol. The lowest BCUT2D eigenvalue weighted by Crippen LogP contribution is -2.44. The van der Waals surface area contributed by atoms with Gasteiger partial charge >= 0.3 is 0 Å². The maximum atomic E-state index is 13.4. The number of hydrogen-bond acceptors (Lipinski definition) is 4. The van der Waals surface area contributed by atoms with E-state index in [1.54, 1.807) is 6.07 Å². The smallest absolute Gasteiger partial charge is 0.267 e. The van der Waals surface area contributed by atoms with Gasteiger partial charge in [0.05, 0.1) is 11.4 Å². The van der Waals surface area contributed by atoms with Gasteiger partial charge in [-0.3, -0.25) is 9.69 Å². The maximum absolute atomic E-state index is 13.4. The van der Waals surface area contributed by atoms with Crippen LogP contribution >= 0.6 is 0 Å². The van der Waals surface area contributed by atoms with Crippen molar-refractivity contribution >= 4 is 11.6 Å². The number of piperidine rings is 1. The maximum Gasteiger partial charge on any atom is 0.267 e. The summed E-state index contributed by atoms with van der Waals surface area (Å²) in [6, 6.07) is 2.26. The van der Waals surface area contributed by atoms with E-state index >= 15 is 0 Å². The topological polar surface area (TPSA) is 62.5 Å². The number of aromatic nitrogens is 1. The average Bonchev–Trinajstić information content (AvgIpc) is 2.93. The second-order valence-electron chi connectivity index (χ2n) is 6.72. The van der Waals surface area contributed by atoms with E-state index in [4.69, 9.17) is 5.73 Å². The third-order valence-electron chi connectivity index (χ3n) is 5.07. The number of halogens is 1. The zero-order chi connectivity index (χ0) is 16.6. The predicted molar refractivity (Wildman–Crippen MR) is 88.5 cm³/mol. The van der Waals surface area contributed by atoms with Crippen molar-refractivity contribution in [1.29, 1.82) is 0 Å². The van der Waals surface area contributed by atoms with Crippen molar-refractivity contribution in [3.05, 3.63) is 23.0 Å². The molecule has 0 spiro atoms. The van der Waals surface area contributed by atoms with Crippen LogP contribution in [0.4, 0.5) is 10.1 Å². The molecule has 0 aliphatic carbocycles. The molecule has 1 unspecified atom stereocenters. The summed E-state index contributed by atoms with van der Waals surface area (Å²) < 4.78 is 13.4. The largest absolute Gasteiger partial charge is 0.370 e. The van der Waals surface area contributed by atoms with Gasteiger partial charge in [0.2, 0.25) is 0 Å². The Morgan fingerprint density at radius 1 is 1.26 bits per heavy atom.